The van der Waals surface area contributed by atoms with Crippen molar-refractivity contribution >= 4 is 11.8 Å². The number of rotatable bonds is 3. The van der Waals surface area contributed by atoms with E-state index in [4.69, 9.17) is 0 Å². The van der Waals surface area contributed by atoms with Crippen LogP contribution in [-0.4, -0.2) is 28.4 Å². The highest BCUT2D eigenvalue weighted by Gasteiger charge is 2.53. The molecule has 1 spiro atoms. The van der Waals surface area contributed by atoms with Crippen LogP contribution in [0.1, 0.15) is 50.1 Å². The van der Waals surface area contributed by atoms with Crippen LogP contribution in [-0.2, 0) is 9.59 Å². The van der Waals surface area contributed by atoms with Crippen LogP contribution >= 0.6 is 0 Å². The fourth-order valence-corrected chi connectivity index (χ4v) is 3.76. The van der Waals surface area contributed by atoms with E-state index in [1.807, 2.05) is 30.3 Å². The molecule has 0 radical (unpaired) electrons. The Balaban J connectivity index is 1.90. The molecule has 1 saturated carbocycles. The summed E-state index contributed by atoms with van der Waals surface area (Å²) in [5, 5.41) is 9.72. The second-order valence-corrected chi connectivity index (χ2v) is 6.20. The van der Waals surface area contributed by atoms with Crippen LogP contribution in [0.4, 0.5) is 0 Å². The molecule has 1 aromatic rings. The van der Waals surface area contributed by atoms with Gasteiger partial charge in [0.2, 0.25) is 11.8 Å². The minimum absolute atomic E-state index is 0.0740. The van der Waals surface area contributed by atoms with Gasteiger partial charge in [0.05, 0.1) is 18.1 Å². The number of amides is 2. The van der Waals surface area contributed by atoms with Crippen molar-refractivity contribution in [2.75, 3.05) is 6.61 Å². The second kappa shape index (κ2) is 5.60. The third kappa shape index (κ3) is 2.38. The van der Waals surface area contributed by atoms with Gasteiger partial charge in [-0.15, -0.1) is 0 Å². The maximum Gasteiger partial charge on any atom is 0.236 e. The van der Waals surface area contributed by atoms with Gasteiger partial charge in [-0.3, -0.25) is 14.5 Å². The first-order valence-electron chi connectivity index (χ1n) is 7.70. The van der Waals surface area contributed by atoms with Crippen molar-refractivity contribution in [2.24, 2.45) is 5.41 Å². The maximum atomic E-state index is 12.9. The summed E-state index contributed by atoms with van der Waals surface area (Å²) in [7, 11) is 0. The van der Waals surface area contributed by atoms with E-state index < -0.39 is 11.5 Å². The summed E-state index contributed by atoms with van der Waals surface area (Å²) in [6.45, 7) is -0.225. The molecule has 1 unspecified atom stereocenters. The molecule has 1 aliphatic heterocycles. The largest absolute Gasteiger partial charge is 0.394 e. The fourth-order valence-electron chi connectivity index (χ4n) is 3.76. The molecule has 4 heteroatoms. The number of aliphatic hydroxyl groups is 1. The van der Waals surface area contributed by atoms with E-state index in [1.54, 1.807) is 0 Å². The van der Waals surface area contributed by atoms with E-state index in [0.717, 1.165) is 37.7 Å². The van der Waals surface area contributed by atoms with Crippen molar-refractivity contribution in [3.05, 3.63) is 35.9 Å². The fraction of sp³-hybridized carbons (Fsp3) is 0.529. The van der Waals surface area contributed by atoms with Gasteiger partial charge in [-0.1, -0.05) is 49.6 Å². The summed E-state index contributed by atoms with van der Waals surface area (Å²) in [5.41, 5.74) is 0.326. The van der Waals surface area contributed by atoms with Crippen molar-refractivity contribution in [2.45, 2.75) is 44.6 Å². The Morgan fingerprint density at radius 2 is 1.76 bits per heavy atom. The van der Waals surface area contributed by atoms with Crippen LogP contribution in [0.5, 0.6) is 0 Å². The monoisotopic (exact) mass is 287 g/mol. The summed E-state index contributed by atoms with van der Waals surface area (Å²) in [5.74, 6) is -0.208. The van der Waals surface area contributed by atoms with Gasteiger partial charge in [0.15, 0.2) is 0 Å². The Morgan fingerprint density at radius 1 is 1.10 bits per heavy atom. The van der Waals surface area contributed by atoms with Crippen LogP contribution in [0.25, 0.3) is 0 Å². The van der Waals surface area contributed by atoms with Gasteiger partial charge in [0.25, 0.3) is 0 Å². The molecule has 2 amide bonds. The normalized spacial score (nSPS) is 22.8. The van der Waals surface area contributed by atoms with Gasteiger partial charge in [0, 0.05) is 6.42 Å². The second-order valence-electron chi connectivity index (χ2n) is 6.20. The van der Waals surface area contributed by atoms with Crippen molar-refractivity contribution in [1.82, 2.24) is 4.90 Å². The van der Waals surface area contributed by atoms with Crippen molar-refractivity contribution in [3.8, 4) is 0 Å². The van der Waals surface area contributed by atoms with Gasteiger partial charge in [-0.2, -0.15) is 0 Å². The van der Waals surface area contributed by atoms with E-state index >= 15 is 0 Å². The molecule has 1 aromatic carbocycles. The Hall–Kier alpha value is -1.68. The van der Waals surface area contributed by atoms with Crippen LogP contribution < -0.4 is 0 Å². The lowest BCUT2D eigenvalue weighted by Gasteiger charge is -2.32. The summed E-state index contributed by atoms with van der Waals surface area (Å²) >= 11 is 0. The van der Waals surface area contributed by atoms with Gasteiger partial charge < -0.3 is 5.11 Å². The zero-order valence-corrected chi connectivity index (χ0v) is 12.1. The molecule has 1 N–H and O–H groups in total. The molecule has 4 nitrogen and oxygen atoms in total. The average molecular weight is 287 g/mol. The number of carbonyl (C=O) groups excluding carboxylic acids is 2. The highest BCUT2D eigenvalue weighted by Crippen LogP contribution is 2.47. The molecule has 2 aliphatic rings. The zero-order chi connectivity index (χ0) is 14.9. The van der Waals surface area contributed by atoms with Gasteiger partial charge in [0.1, 0.15) is 0 Å². The third-order valence-electron chi connectivity index (χ3n) is 4.91. The van der Waals surface area contributed by atoms with Crippen LogP contribution in [0.3, 0.4) is 0 Å². The Kier molecular flexibility index (Phi) is 3.81. The molecule has 1 aliphatic carbocycles. The number of hydrogen-bond donors (Lipinski definition) is 1. The lowest BCUT2D eigenvalue weighted by atomic mass is 9.73. The lowest BCUT2D eigenvalue weighted by Crippen LogP contribution is -2.40. The number of benzene rings is 1. The van der Waals surface area contributed by atoms with Crippen LogP contribution in [0.2, 0.25) is 0 Å². The average Bonchev–Trinajstić information content (AvgIpc) is 2.74. The molecule has 1 heterocycles. The number of nitrogens with zero attached hydrogens (tertiary/aromatic N) is 1. The first-order chi connectivity index (χ1) is 10.2. The lowest BCUT2D eigenvalue weighted by molar-refractivity contribution is -0.146. The highest BCUT2D eigenvalue weighted by atomic mass is 16.3. The van der Waals surface area contributed by atoms with Crippen molar-refractivity contribution in [3.63, 3.8) is 0 Å². The number of hydrogen-bond acceptors (Lipinski definition) is 3. The summed E-state index contributed by atoms with van der Waals surface area (Å²) in [4.78, 5) is 26.6. The first kappa shape index (κ1) is 14.3. The van der Waals surface area contributed by atoms with Crippen molar-refractivity contribution in [1.29, 1.82) is 0 Å². The number of imide groups is 1. The summed E-state index contributed by atoms with van der Waals surface area (Å²) < 4.78 is 0. The molecule has 21 heavy (non-hydrogen) atoms. The van der Waals surface area contributed by atoms with Crippen molar-refractivity contribution < 1.29 is 14.7 Å². The Bertz CT molecular complexity index is 534. The van der Waals surface area contributed by atoms with Crippen LogP contribution in [0, 0.1) is 5.41 Å². The molecule has 3 rings (SSSR count). The van der Waals surface area contributed by atoms with Gasteiger partial charge in [-0.05, 0) is 18.4 Å². The van der Waals surface area contributed by atoms with E-state index in [9.17, 15) is 14.7 Å². The molecular formula is C17H21NO3. The molecule has 1 atom stereocenters. The van der Waals surface area contributed by atoms with E-state index in [0.29, 0.717) is 6.42 Å². The zero-order valence-electron chi connectivity index (χ0n) is 12.1. The molecule has 2 fully saturated rings. The molecule has 0 aromatic heterocycles. The highest BCUT2D eigenvalue weighted by molar-refractivity contribution is 6.06. The Morgan fingerprint density at radius 3 is 2.38 bits per heavy atom. The predicted octanol–water partition coefficient (Wildman–Crippen LogP) is 2.43. The van der Waals surface area contributed by atoms with Gasteiger partial charge in [-0.25, -0.2) is 0 Å². The molecule has 0 bridgehead atoms. The standard InChI is InChI=1S/C17H21NO3/c19-12-14(13-7-3-1-4-8-13)18-15(20)11-17(16(18)21)9-5-2-6-10-17/h1,3-4,7-8,14,19H,2,5-6,9-12H2. The quantitative estimate of drug-likeness (QED) is 0.869. The van der Waals surface area contributed by atoms with Crippen LogP contribution in [0.15, 0.2) is 30.3 Å². The smallest absolute Gasteiger partial charge is 0.236 e. The SMILES string of the molecule is O=C1CC2(CCCCC2)C(=O)N1C(CO)c1ccccc1. The van der Waals surface area contributed by atoms with Gasteiger partial charge >= 0.3 is 0 Å². The van der Waals surface area contributed by atoms with E-state index in [-0.39, 0.29) is 18.4 Å². The summed E-state index contributed by atoms with van der Waals surface area (Å²) in [6.07, 6.45) is 5.10. The van der Waals surface area contributed by atoms with E-state index in [1.165, 1.54) is 4.90 Å². The summed E-state index contributed by atoms with van der Waals surface area (Å²) in [6, 6.07) is 8.76. The molecular weight excluding hydrogens is 266 g/mol. The third-order valence-corrected chi connectivity index (χ3v) is 4.91. The minimum Gasteiger partial charge on any atom is -0.394 e. The predicted molar refractivity (Wildman–Crippen MR) is 78.3 cm³/mol. The number of carbonyl (C=O) groups is 2. The molecule has 112 valence electrons. The Labute approximate surface area is 124 Å². The van der Waals surface area contributed by atoms with E-state index in [2.05, 4.69) is 0 Å². The number of likely N-dealkylation sites (tertiary alicyclic amines) is 1. The maximum absolute atomic E-state index is 12.9. The topological polar surface area (TPSA) is 57.6 Å². The first-order valence-corrected chi connectivity index (χ1v) is 7.70. The number of aliphatic hydroxyl groups excluding tert-OH is 1. The minimum atomic E-state index is -0.549. The molecule has 1 saturated heterocycles.